The van der Waals surface area contributed by atoms with Gasteiger partial charge in [-0.1, -0.05) is 0 Å². The molecule has 6 N–H and O–H groups in total. The Morgan fingerprint density at radius 1 is 1.45 bits per heavy atom. The van der Waals surface area contributed by atoms with Crippen LogP contribution in [0.3, 0.4) is 0 Å². The summed E-state index contributed by atoms with van der Waals surface area (Å²) in [5.74, 6) is -0.154. The number of nitrogens with zero attached hydrogens (tertiary/aromatic N) is 5. The third kappa shape index (κ3) is 3.46. The van der Waals surface area contributed by atoms with Gasteiger partial charge in [-0.15, -0.1) is 4.34 Å². The largest absolute Gasteiger partial charge is 0.525 e. The van der Waals surface area contributed by atoms with Crippen LogP contribution in [0, 0.1) is 0 Å². The molecule has 15 heteroatoms. The van der Waals surface area contributed by atoms with E-state index < -0.39 is 44.5 Å². The molecular formula is C14H19N7O7P+. The molecule has 0 aromatic carbocycles. The number of ether oxygens (including phenoxy) is 1. The van der Waals surface area contributed by atoms with E-state index in [2.05, 4.69) is 15.0 Å². The van der Waals surface area contributed by atoms with E-state index in [0.717, 1.165) is 4.34 Å². The Morgan fingerprint density at radius 3 is 2.90 bits per heavy atom. The average molecular weight is 428 g/mol. The molecule has 1 saturated heterocycles. The van der Waals surface area contributed by atoms with Gasteiger partial charge in [-0.2, -0.15) is 4.98 Å². The third-order valence-corrected chi connectivity index (χ3v) is 5.82. The number of hydrogen-bond donors (Lipinski definition) is 5. The van der Waals surface area contributed by atoms with Crippen LogP contribution < -0.4 is 15.9 Å². The highest BCUT2D eigenvalue weighted by molar-refractivity contribution is 7.51. The second kappa shape index (κ2) is 7.02. The van der Waals surface area contributed by atoms with Gasteiger partial charge in [0.15, 0.2) is 17.4 Å². The number of nitrogens with two attached hydrogens (primary N) is 1. The first-order chi connectivity index (χ1) is 13.7. The second-order valence-electron chi connectivity index (χ2n) is 6.57. The fourth-order valence-corrected chi connectivity index (χ4v) is 4.05. The van der Waals surface area contributed by atoms with Crippen LogP contribution in [0.4, 0.5) is 5.95 Å². The van der Waals surface area contributed by atoms with E-state index in [1.807, 2.05) is 0 Å². The summed E-state index contributed by atoms with van der Waals surface area (Å²) in [6, 6.07) is 0. The normalized spacial score (nSPS) is 26.8. The minimum absolute atomic E-state index is 0.0236. The van der Waals surface area contributed by atoms with E-state index in [1.54, 1.807) is 17.8 Å². The van der Waals surface area contributed by atoms with Gasteiger partial charge in [0.05, 0.1) is 20.0 Å². The van der Waals surface area contributed by atoms with Crippen molar-refractivity contribution in [2.75, 3.05) is 12.3 Å². The van der Waals surface area contributed by atoms with Crippen molar-refractivity contribution in [3.05, 3.63) is 35.4 Å². The number of rotatable bonds is 5. The highest BCUT2D eigenvalue weighted by atomic mass is 31.2. The molecule has 4 rings (SSSR count). The molecule has 0 spiro atoms. The molecule has 0 amide bonds. The number of nitrogens with one attached hydrogen (secondary N) is 1. The summed E-state index contributed by atoms with van der Waals surface area (Å²) in [7, 11) is -2.56. The standard InChI is InChI=1S/C14H18N7O7P/c1-19-2-3-20(6-19)29(25,26)27-4-7-9(22)10(23)13(28-7)21-5-16-8-11(21)17-14(15)18-12(8)24/h2-3,5-7,9-10,13,22-23H,4H2,1H3,(H3-,15,17,18,24,25,26)/p+1. The number of nitrogen functional groups attached to an aromatic ring is 1. The summed E-state index contributed by atoms with van der Waals surface area (Å²) < 4.78 is 26.8. The lowest BCUT2D eigenvalue weighted by molar-refractivity contribution is -0.670. The molecule has 5 unspecified atom stereocenters. The molecule has 4 heterocycles. The topological polar surface area (TPSA) is 195 Å². The van der Waals surface area contributed by atoms with Crippen LogP contribution in [0.1, 0.15) is 6.23 Å². The van der Waals surface area contributed by atoms with E-state index >= 15 is 0 Å². The van der Waals surface area contributed by atoms with Crippen LogP contribution in [-0.4, -0.2) is 63.9 Å². The van der Waals surface area contributed by atoms with Crippen LogP contribution in [-0.2, 0) is 20.9 Å². The summed E-state index contributed by atoms with van der Waals surface area (Å²) in [6.07, 6.45) is 0.315. The highest BCUT2D eigenvalue weighted by Crippen LogP contribution is 2.44. The predicted octanol–water partition coefficient (Wildman–Crippen LogP) is -2.39. The quantitative estimate of drug-likeness (QED) is 0.216. The Labute approximate surface area is 162 Å². The highest BCUT2D eigenvalue weighted by Gasteiger charge is 2.46. The number of aryl methyl sites for hydroxylation is 1. The monoisotopic (exact) mass is 428 g/mol. The van der Waals surface area contributed by atoms with Gasteiger partial charge in [0, 0.05) is 0 Å². The number of imidazole rings is 2. The van der Waals surface area contributed by atoms with E-state index in [4.69, 9.17) is 15.0 Å². The smallest absolute Gasteiger partial charge is 0.387 e. The van der Waals surface area contributed by atoms with Crippen LogP contribution in [0.25, 0.3) is 11.2 Å². The maximum Gasteiger partial charge on any atom is 0.525 e. The van der Waals surface area contributed by atoms with Crippen LogP contribution in [0.15, 0.2) is 29.8 Å². The van der Waals surface area contributed by atoms with Gasteiger partial charge in [-0.05, 0) is 0 Å². The molecule has 29 heavy (non-hydrogen) atoms. The minimum atomic E-state index is -4.23. The number of aromatic amines is 1. The lowest BCUT2D eigenvalue weighted by atomic mass is 10.1. The zero-order chi connectivity index (χ0) is 20.9. The fraction of sp³-hybridized carbons (Fsp3) is 0.429. The number of aliphatic hydroxyl groups excluding tert-OH is 2. The molecule has 0 aliphatic carbocycles. The molecular weight excluding hydrogens is 409 g/mol. The number of fused-ring (bicyclic) bond motifs is 1. The van der Waals surface area contributed by atoms with Crippen LogP contribution in [0.5, 0.6) is 0 Å². The van der Waals surface area contributed by atoms with Crippen LogP contribution >= 0.6 is 7.75 Å². The average Bonchev–Trinajstić information content (AvgIpc) is 3.34. The minimum Gasteiger partial charge on any atom is -0.387 e. The molecule has 1 fully saturated rings. The van der Waals surface area contributed by atoms with Crippen molar-refractivity contribution in [1.82, 2.24) is 23.9 Å². The Morgan fingerprint density at radius 2 is 2.21 bits per heavy atom. The molecule has 5 atom stereocenters. The molecule has 0 saturated carbocycles. The van der Waals surface area contributed by atoms with Crippen molar-refractivity contribution in [2.24, 2.45) is 7.05 Å². The Balaban J connectivity index is 1.54. The predicted molar refractivity (Wildman–Crippen MR) is 95.3 cm³/mol. The Bertz CT molecular complexity index is 1160. The summed E-state index contributed by atoms with van der Waals surface area (Å²) in [6.45, 7) is -0.479. The van der Waals surface area contributed by atoms with Gasteiger partial charge >= 0.3 is 7.75 Å². The van der Waals surface area contributed by atoms with Gasteiger partial charge in [-0.3, -0.25) is 23.8 Å². The number of H-pyrrole nitrogens is 1. The molecule has 1 aliphatic heterocycles. The molecule has 1 aliphatic rings. The first-order valence-electron chi connectivity index (χ1n) is 8.43. The Hall–Kier alpha value is -2.61. The fourth-order valence-electron chi connectivity index (χ4n) is 3.05. The molecule has 0 radical (unpaired) electrons. The maximum absolute atomic E-state index is 12.3. The van der Waals surface area contributed by atoms with Crippen molar-refractivity contribution in [1.29, 1.82) is 0 Å². The Kier molecular flexibility index (Phi) is 4.77. The third-order valence-electron chi connectivity index (χ3n) is 4.52. The number of anilines is 1. The lowest BCUT2D eigenvalue weighted by Gasteiger charge is -2.16. The second-order valence-corrected chi connectivity index (χ2v) is 8.27. The number of aliphatic hydroxyl groups is 2. The number of hydrogen-bond acceptors (Lipinski definition) is 9. The van der Waals surface area contributed by atoms with Crippen molar-refractivity contribution in [3.63, 3.8) is 0 Å². The summed E-state index contributed by atoms with van der Waals surface area (Å²) in [4.78, 5) is 32.2. The maximum atomic E-state index is 12.3. The van der Waals surface area contributed by atoms with Crippen molar-refractivity contribution in [2.45, 2.75) is 24.5 Å². The number of aromatic nitrogens is 6. The molecule has 3 aromatic rings. The summed E-state index contributed by atoms with van der Waals surface area (Å²) in [5.41, 5.74) is 5.01. The summed E-state index contributed by atoms with van der Waals surface area (Å²) in [5, 5.41) is 20.7. The van der Waals surface area contributed by atoms with Crippen molar-refractivity contribution < 1.29 is 33.5 Å². The first-order valence-corrected chi connectivity index (χ1v) is 9.96. The van der Waals surface area contributed by atoms with E-state index in [-0.39, 0.29) is 17.1 Å². The molecule has 3 aromatic heterocycles. The zero-order valence-corrected chi connectivity index (χ0v) is 16.0. The SMILES string of the molecule is C[n+]1ccn(P(=O)(O)OCC2OC(n3cnc4c(=O)[nH]c(N)nc43)C(O)C2O)c1. The van der Waals surface area contributed by atoms with Gasteiger partial charge in [0.2, 0.25) is 5.95 Å². The van der Waals surface area contributed by atoms with Crippen LogP contribution in [0.2, 0.25) is 0 Å². The molecule has 0 bridgehead atoms. The molecule has 156 valence electrons. The van der Waals surface area contributed by atoms with Crippen molar-refractivity contribution >= 4 is 24.9 Å². The first kappa shape index (κ1) is 19.7. The van der Waals surface area contributed by atoms with Gasteiger partial charge in [0.1, 0.15) is 30.7 Å². The lowest BCUT2D eigenvalue weighted by Crippen LogP contribution is -2.33. The van der Waals surface area contributed by atoms with Crippen molar-refractivity contribution in [3.8, 4) is 0 Å². The molecule has 14 nitrogen and oxygen atoms in total. The van der Waals surface area contributed by atoms with E-state index in [0.29, 0.717) is 0 Å². The van der Waals surface area contributed by atoms with E-state index in [9.17, 15) is 24.5 Å². The van der Waals surface area contributed by atoms with Gasteiger partial charge in [-0.25, -0.2) is 14.1 Å². The van der Waals surface area contributed by atoms with Gasteiger partial charge in [0.25, 0.3) is 11.9 Å². The zero-order valence-electron chi connectivity index (χ0n) is 15.1. The van der Waals surface area contributed by atoms with Gasteiger partial charge < -0.3 is 20.7 Å². The van der Waals surface area contributed by atoms with E-state index in [1.165, 1.54) is 23.4 Å². The summed E-state index contributed by atoms with van der Waals surface area (Å²) >= 11 is 0.